The first-order valence-corrected chi connectivity index (χ1v) is 7.65. The van der Waals surface area contributed by atoms with Crippen LogP contribution in [0.2, 0.25) is 0 Å². The van der Waals surface area contributed by atoms with E-state index in [2.05, 4.69) is 0 Å². The Balaban J connectivity index is 1.97. The highest BCUT2D eigenvalue weighted by Gasteiger charge is 2.43. The normalized spacial score (nSPS) is 33.2. The van der Waals surface area contributed by atoms with Crippen LogP contribution in [0.4, 0.5) is 0 Å². The van der Waals surface area contributed by atoms with E-state index in [1.165, 1.54) is 6.92 Å². The van der Waals surface area contributed by atoms with E-state index >= 15 is 0 Å². The average Bonchev–Trinajstić information content (AvgIpc) is 2.59. The number of hydrogen-bond donors (Lipinski definition) is 6. The van der Waals surface area contributed by atoms with Gasteiger partial charge >= 0.3 is 0 Å². The molecule has 8 nitrogen and oxygen atoms in total. The summed E-state index contributed by atoms with van der Waals surface area (Å²) >= 11 is 0. The van der Waals surface area contributed by atoms with Crippen molar-refractivity contribution in [3.05, 3.63) is 35.4 Å². The number of aliphatic hydroxyl groups excluding tert-OH is 5. The summed E-state index contributed by atoms with van der Waals surface area (Å²) in [6, 6.07) is 6.65. The van der Waals surface area contributed by atoms with Crippen molar-refractivity contribution in [3.63, 3.8) is 0 Å². The molecule has 0 unspecified atom stereocenters. The molecule has 1 fully saturated rings. The van der Waals surface area contributed by atoms with Crippen molar-refractivity contribution < 1.29 is 40.1 Å². The Morgan fingerprint density at radius 3 is 2.21 bits per heavy atom. The highest BCUT2D eigenvalue weighted by atomic mass is 16.7. The molecule has 0 spiro atoms. The van der Waals surface area contributed by atoms with Gasteiger partial charge in [-0.3, -0.25) is 0 Å². The first-order chi connectivity index (χ1) is 11.3. The summed E-state index contributed by atoms with van der Waals surface area (Å²) in [6.45, 7) is 0.611. The number of benzene rings is 1. The molecule has 0 radical (unpaired) electrons. The maximum atomic E-state index is 9.95. The maximum Gasteiger partial charge on any atom is 0.187 e. The van der Waals surface area contributed by atoms with Crippen molar-refractivity contribution in [2.75, 3.05) is 13.2 Å². The molecule has 1 aliphatic rings. The van der Waals surface area contributed by atoms with Crippen LogP contribution in [-0.4, -0.2) is 74.6 Å². The van der Waals surface area contributed by atoms with E-state index in [0.29, 0.717) is 11.1 Å². The summed E-state index contributed by atoms with van der Waals surface area (Å²) in [5, 5.41) is 57.5. The second-order valence-electron chi connectivity index (χ2n) is 6.14. The van der Waals surface area contributed by atoms with Gasteiger partial charge in [-0.2, -0.15) is 0 Å². The molecule has 0 saturated carbocycles. The van der Waals surface area contributed by atoms with Crippen molar-refractivity contribution >= 4 is 0 Å². The second kappa shape index (κ2) is 7.85. The molecule has 1 aromatic rings. The summed E-state index contributed by atoms with van der Waals surface area (Å²) < 4.78 is 10.7. The van der Waals surface area contributed by atoms with Crippen LogP contribution in [0.3, 0.4) is 0 Å². The van der Waals surface area contributed by atoms with Crippen LogP contribution in [0.5, 0.6) is 0 Å². The van der Waals surface area contributed by atoms with E-state index in [1.807, 2.05) is 0 Å². The van der Waals surface area contributed by atoms with Crippen LogP contribution in [0.1, 0.15) is 18.1 Å². The minimum atomic E-state index is -1.48. The van der Waals surface area contributed by atoms with Crippen LogP contribution in [-0.2, 0) is 21.7 Å². The van der Waals surface area contributed by atoms with Gasteiger partial charge in [-0.25, -0.2) is 0 Å². The first kappa shape index (κ1) is 19.2. The Kier molecular flexibility index (Phi) is 6.29. The lowest BCUT2D eigenvalue weighted by Crippen LogP contribution is -2.59. The highest BCUT2D eigenvalue weighted by molar-refractivity contribution is 5.26. The molecule has 0 aromatic heterocycles. The van der Waals surface area contributed by atoms with E-state index in [4.69, 9.17) is 19.7 Å². The van der Waals surface area contributed by atoms with Gasteiger partial charge in [0.15, 0.2) is 6.29 Å². The summed E-state index contributed by atoms with van der Waals surface area (Å²) in [4.78, 5) is 0. The molecule has 1 aromatic carbocycles. The zero-order valence-electron chi connectivity index (χ0n) is 13.3. The highest BCUT2D eigenvalue weighted by Crippen LogP contribution is 2.24. The minimum absolute atomic E-state index is 0.0459. The number of aliphatic hydroxyl groups is 6. The third-order valence-corrected chi connectivity index (χ3v) is 4.15. The summed E-state index contributed by atoms with van der Waals surface area (Å²) in [7, 11) is 0. The zero-order chi connectivity index (χ0) is 17.9. The molecule has 2 rings (SSSR count). The molecule has 136 valence electrons. The lowest BCUT2D eigenvalue weighted by Gasteiger charge is -2.39. The molecular weight excluding hydrogens is 320 g/mol. The zero-order valence-corrected chi connectivity index (χ0v) is 13.3. The van der Waals surface area contributed by atoms with E-state index in [0.717, 1.165) is 0 Å². The first-order valence-electron chi connectivity index (χ1n) is 7.65. The SMILES string of the molecule is C[C@@](O)(CO)c1ccc(CO[C@@H]2O[C@H](CO)[C@@H](O)[C@H](O)[C@H]2O)cc1. The molecule has 0 bridgehead atoms. The van der Waals surface area contributed by atoms with Gasteiger partial charge in [0.05, 0.1) is 19.8 Å². The monoisotopic (exact) mass is 344 g/mol. The van der Waals surface area contributed by atoms with Gasteiger partial charge in [-0.05, 0) is 18.1 Å². The van der Waals surface area contributed by atoms with Gasteiger partial charge in [0.1, 0.15) is 30.0 Å². The Hall–Kier alpha value is -1.10. The van der Waals surface area contributed by atoms with Crippen LogP contribution in [0, 0.1) is 0 Å². The minimum Gasteiger partial charge on any atom is -0.394 e. The van der Waals surface area contributed by atoms with Crippen molar-refractivity contribution in [3.8, 4) is 0 Å². The fraction of sp³-hybridized carbons (Fsp3) is 0.625. The molecule has 6 atom stereocenters. The van der Waals surface area contributed by atoms with E-state index in [1.54, 1.807) is 24.3 Å². The number of ether oxygens (including phenoxy) is 2. The van der Waals surface area contributed by atoms with Gasteiger partial charge < -0.3 is 40.1 Å². The topological polar surface area (TPSA) is 140 Å². The number of hydrogen-bond acceptors (Lipinski definition) is 8. The maximum absolute atomic E-state index is 9.95. The van der Waals surface area contributed by atoms with Crippen LogP contribution >= 0.6 is 0 Å². The molecule has 0 amide bonds. The Morgan fingerprint density at radius 2 is 1.67 bits per heavy atom. The molecule has 1 heterocycles. The fourth-order valence-electron chi connectivity index (χ4n) is 2.43. The molecule has 6 N–H and O–H groups in total. The summed E-state index contributed by atoms with van der Waals surface area (Å²) in [5.74, 6) is 0. The van der Waals surface area contributed by atoms with Crippen molar-refractivity contribution in [2.45, 2.75) is 49.8 Å². The van der Waals surface area contributed by atoms with Crippen LogP contribution in [0.25, 0.3) is 0 Å². The van der Waals surface area contributed by atoms with Gasteiger partial charge in [0.25, 0.3) is 0 Å². The second-order valence-corrected chi connectivity index (χ2v) is 6.14. The predicted octanol–water partition coefficient (Wildman–Crippen LogP) is -1.80. The largest absolute Gasteiger partial charge is 0.394 e. The van der Waals surface area contributed by atoms with E-state index in [9.17, 15) is 20.4 Å². The molecule has 1 aliphatic heterocycles. The molecular formula is C16H24O8. The van der Waals surface area contributed by atoms with Crippen molar-refractivity contribution in [1.29, 1.82) is 0 Å². The van der Waals surface area contributed by atoms with Crippen molar-refractivity contribution in [1.82, 2.24) is 0 Å². The molecule has 1 saturated heterocycles. The Bertz CT molecular complexity index is 515. The van der Waals surface area contributed by atoms with E-state index in [-0.39, 0.29) is 6.61 Å². The van der Waals surface area contributed by atoms with Gasteiger partial charge in [0.2, 0.25) is 0 Å². The lowest BCUT2D eigenvalue weighted by atomic mass is 9.96. The third-order valence-electron chi connectivity index (χ3n) is 4.15. The summed E-state index contributed by atoms with van der Waals surface area (Å²) in [5.41, 5.74) is -0.0811. The van der Waals surface area contributed by atoms with Gasteiger partial charge in [-0.15, -0.1) is 0 Å². The van der Waals surface area contributed by atoms with Gasteiger partial charge in [-0.1, -0.05) is 24.3 Å². The van der Waals surface area contributed by atoms with Crippen LogP contribution < -0.4 is 0 Å². The smallest absolute Gasteiger partial charge is 0.187 e. The average molecular weight is 344 g/mol. The Morgan fingerprint density at radius 1 is 1.04 bits per heavy atom. The lowest BCUT2D eigenvalue weighted by molar-refractivity contribution is -0.304. The quantitative estimate of drug-likeness (QED) is 0.355. The fourth-order valence-corrected chi connectivity index (χ4v) is 2.43. The molecule has 24 heavy (non-hydrogen) atoms. The predicted molar refractivity (Wildman–Crippen MR) is 81.7 cm³/mol. The molecule has 8 heteroatoms. The van der Waals surface area contributed by atoms with Gasteiger partial charge in [0, 0.05) is 0 Å². The molecule has 0 aliphatic carbocycles. The standard InChI is InChI=1S/C16H24O8/c1-16(22,8-18)10-4-2-9(3-5-10)7-23-15-14(21)13(20)12(19)11(6-17)24-15/h2-5,11-15,17-22H,6-8H2,1H3/t11-,12-,13+,14-,15-,16-/m1/s1. The van der Waals surface area contributed by atoms with Crippen LogP contribution in [0.15, 0.2) is 24.3 Å². The van der Waals surface area contributed by atoms with Crippen molar-refractivity contribution in [2.24, 2.45) is 0 Å². The Labute approximate surface area is 139 Å². The number of rotatable bonds is 6. The summed E-state index contributed by atoms with van der Waals surface area (Å²) in [6.07, 6.45) is -6.57. The van der Waals surface area contributed by atoms with E-state index < -0.39 is 49.5 Å². The third kappa shape index (κ3) is 4.11.